The average Bonchev–Trinajstić information content (AvgIpc) is 2.25. The second-order valence-corrected chi connectivity index (χ2v) is 3.89. The minimum atomic E-state index is -0.354. The zero-order valence-corrected chi connectivity index (χ0v) is 9.32. The van der Waals surface area contributed by atoms with E-state index in [0.717, 1.165) is 11.3 Å². The predicted molar refractivity (Wildman–Crippen MR) is 59.7 cm³/mol. The number of rotatable bonds is 2. The number of benzene rings is 1. The number of hydrogen-bond acceptors (Lipinski definition) is 4. The fourth-order valence-corrected chi connectivity index (χ4v) is 1.74. The van der Waals surface area contributed by atoms with Gasteiger partial charge in [-0.05, 0) is 24.6 Å². The minimum Gasteiger partial charge on any atom is -0.465 e. The van der Waals surface area contributed by atoms with Gasteiger partial charge >= 0.3 is 5.97 Å². The number of esters is 1. The maximum atomic E-state index is 11.4. The van der Waals surface area contributed by atoms with Crippen molar-refractivity contribution in [3.8, 4) is 0 Å². The van der Waals surface area contributed by atoms with Crippen LogP contribution in [0, 0.1) is 6.92 Å². The van der Waals surface area contributed by atoms with Gasteiger partial charge in [-0.2, -0.15) is 0 Å². The number of ketones is 1. The van der Waals surface area contributed by atoms with Gasteiger partial charge in [0.25, 0.3) is 0 Å². The Morgan fingerprint density at radius 3 is 2.62 bits per heavy atom. The molecule has 0 bridgehead atoms. The highest BCUT2D eigenvalue weighted by atomic mass is 16.5. The summed E-state index contributed by atoms with van der Waals surface area (Å²) in [6, 6.07) is 5.37. The number of carbonyl (C=O) groups is 2. The Hall–Kier alpha value is -1.84. The van der Waals surface area contributed by atoms with Crippen molar-refractivity contribution in [2.75, 3.05) is 25.1 Å². The summed E-state index contributed by atoms with van der Waals surface area (Å²) in [5, 5.41) is 0. The van der Waals surface area contributed by atoms with E-state index >= 15 is 0 Å². The van der Waals surface area contributed by atoms with Crippen molar-refractivity contribution in [2.45, 2.75) is 6.92 Å². The molecule has 0 aromatic heterocycles. The van der Waals surface area contributed by atoms with Crippen LogP contribution in [0.3, 0.4) is 0 Å². The number of anilines is 1. The highest BCUT2D eigenvalue weighted by Gasteiger charge is 2.25. The molecule has 1 saturated heterocycles. The average molecular weight is 219 g/mol. The van der Waals surface area contributed by atoms with Gasteiger partial charge in [0.1, 0.15) is 0 Å². The summed E-state index contributed by atoms with van der Waals surface area (Å²) in [5.41, 5.74) is 2.50. The Labute approximate surface area is 93.8 Å². The van der Waals surface area contributed by atoms with Crippen LogP contribution in [0.4, 0.5) is 5.69 Å². The number of ether oxygens (including phenoxy) is 1. The van der Waals surface area contributed by atoms with Crippen molar-refractivity contribution in [3.05, 3.63) is 29.3 Å². The predicted octanol–water partition coefficient (Wildman–Crippen LogP) is 1.17. The molecular weight excluding hydrogens is 206 g/mol. The largest absolute Gasteiger partial charge is 0.465 e. The normalized spacial score (nSPS) is 14.6. The lowest BCUT2D eigenvalue weighted by molar-refractivity contribution is -0.119. The zero-order chi connectivity index (χ0) is 11.7. The Morgan fingerprint density at radius 1 is 1.38 bits per heavy atom. The van der Waals surface area contributed by atoms with Gasteiger partial charge in [-0.1, -0.05) is 6.07 Å². The second kappa shape index (κ2) is 3.96. The highest BCUT2D eigenvalue weighted by Crippen LogP contribution is 2.25. The molecule has 16 heavy (non-hydrogen) atoms. The fourth-order valence-electron chi connectivity index (χ4n) is 1.74. The standard InChI is InChI=1S/C12H13NO3/c1-8-3-4-9(12(15)16-2)5-11(8)13-6-10(14)7-13/h3-5H,6-7H2,1-2H3. The van der Waals surface area contributed by atoms with Gasteiger partial charge in [0.2, 0.25) is 0 Å². The second-order valence-electron chi connectivity index (χ2n) is 3.89. The first kappa shape index (κ1) is 10.7. The number of carbonyl (C=O) groups excluding carboxylic acids is 2. The summed E-state index contributed by atoms with van der Waals surface area (Å²) in [5.74, 6) is -0.129. The van der Waals surface area contributed by atoms with E-state index in [-0.39, 0.29) is 11.8 Å². The number of hydrogen-bond donors (Lipinski definition) is 0. The Morgan fingerprint density at radius 2 is 2.06 bits per heavy atom. The van der Waals surface area contributed by atoms with Gasteiger partial charge in [-0.15, -0.1) is 0 Å². The Kier molecular flexibility index (Phi) is 2.64. The number of aryl methyl sites for hydroxylation is 1. The van der Waals surface area contributed by atoms with Gasteiger partial charge in [0, 0.05) is 5.69 Å². The first-order chi connectivity index (χ1) is 7.61. The monoisotopic (exact) mass is 219 g/mol. The van der Waals surface area contributed by atoms with Crippen LogP contribution in [0.15, 0.2) is 18.2 Å². The maximum absolute atomic E-state index is 11.4. The molecule has 4 nitrogen and oxygen atoms in total. The zero-order valence-electron chi connectivity index (χ0n) is 9.32. The molecule has 0 aliphatic carbocycles. The Balaban J connectivity index is 2.29. The highest BCUT2D eigenvalue weighted by molar-refractivity contribution is 5.97. The first-order valence-corrected chi connectivity index (χ1v) is 5.07. The molecule has 0 atom stereocenters. The molecule has 0 N–H and O–H groups in total. The van der Waals surface area contributed by atoms with Crippen molar-refractivity contribution in [3.63, 3.8) is 0 Å². The summed E-state index contributed by atoms with van der Waals surface area (Å²) in [4.78, 5) is 24.2. The van der Waals surface area contributed by atoms with Crippen molar-refractivity contribution in [1.29, 1.82) is 0 Å². The third-order valence-corrected chi connectivity index (χ3v) is 2.71. The summed E-state index contributed by atoms with van der Waals surface area (Å²) < 4.78 is 4.66. The summed E-state index contributed by atoms with van der Waals surface area (Å²) in [6.07, 6.45) is 0. The molecule has 0 unspecified atom stereocenters. The molecule has 2 rings (SSSR count). The van der Waals surface area contributed by atoms with Crippen molar-refractivity contribution in [1.82, 2.24) is 0 Å². The van der Waals surface area contributed by atoms with Gasteiger partial charge < -0.3 is 9.64 Å². The number of methoxy groups -OCH3 is 1. The molecule has 0 radical (unpaired) electrons. The molecule has 1 aliphatic heterocycles. The first-order valence-electron chi connectivity index (χ1n) is 5.07. The third-order valence-electron chi connectivity index (χ3n) is 2.71. The number of Topliss-reactive ketones (excluding diaryl/α,β-unsaturated/α-hetero) is 1. The molecule has 0 spiro atoms. The van der Waals surface area contributed by atoms with Crippen LogP contribution in [0.1, 0.15) is 15.9 Å². The van der Waals surface area contributed by atoms with Gasteiger partial charge in [0.15, 0.2) is 5.78 Å². The fraction of sp³-hybridized carbons (Fsp3) is 0.333. The van der Waals surface area contributed by atoms with E-state index in [1.165, 1.54) is 7.11 Å². The summed E-state index contributed by atoms with van der Waals surface area (Å²) in [6.45, 7) is 2.83. The molecule has 0 amide bonds. The van der Waals surface area contributed by atoms with Crippen molar-refractivity contribution in [2.24, 2.45) is 0 Å². The summed E-state index contributed by atoms with van der Waals surface area (Å²) in [7, 11) is 1.36. The van der Waals surface area contributed by atoms with Crippen LogP contribution in [-0.4, -0.2) is 32.0 Å². The van der Waals surface area contributed by atoms with Crippen LogP contribution in [0.2, 0.25) is 0 Å². The molecule has 1 aromatic carbocycles. The van der Waals surface area contributed by atoms with E-state index in [1.807, 2.05) is 17.9 Å². The SMILES string of the molecule is COC(=O)c1ccc(C)c(N2CC(=O)C2)c1. The lowest BCUT2D eigenvalue weighted by Crippen LogP contribution is -2.47. The quantitative estimate of drug-likeness (QED) is 0.700. The maximum Gasteiger partial charge on any atom is 0.337 e. The van der Waals surface area contributed by atoms with Crippen molar-refractivity contribution >= 4 is 17.4 Å². The molecule has 1 aromatic rings. The lowest BCUT2D eigenvalue weighted by atomic mass is 10.1. The van der Waals surface area contributed by atoms with Crippen molar-refractivity contribution < 1.29 is 14.3 Å². The molecular formula is C12H13NO3. The summed E-state index contributed by atoms with van der Waals surface area (Å²) >= 11 is 0. The van der Waals surface area contributed by atoms with Crippen LogP contribution < -0.4 is 4.90 Å². The van der Waals surface area contributed by atoms with E-state index < -0.39 is 0 Å². The number of nitrogens with zero attached hydrogens (tertiary/aromatic N) is 1. The van der Waals surface area contributed by atoms with Crippen LogP contribution in [-0.2, 0) is 9.53 Å². The van der Waals surface area contributed by atoms with Crippen LogP contribution >= 0.6 is 0 Å². The molecule has 0 saturated carbocycles. The van der Waals surface area contributed by atoms with Crippen LogP contribution in [0.5, 0.6) is 0 Å². The van der Waals surface area contributed by atoms with E-state index in [2.05, 4.69) is 4.74 Å². The Bertz CT molecular complexity index is 446. The lowest BCUT2D eigenvalue weighted by Gasteiger charge is -2.33. The van der Waals surface area contributed by atoms with E-state index in [4.69, 9.17) is 0 Å². The van der Waals surface area contributed by atoms with Crippen LogP contribution in [0.25, 0.3) is 0 Å². The molecule has 1 heterocycles. The van der Waals surface area contributed by atoms with Gasteiger partial charge in [-0.3, -0.25) is 4.79 Å². The topological polar surface area (TPSA) is 46.6 Å². The van der Waals surface area contributed by atoms with E-state index in [9.17, 15) is 9.59 Å². The van der Waals surface area contributed by atoms with E-state index in [1.54, 1.807) is 12.1 Å². The smallest absolute Gasteiger partial charge is 0.337 e. The molecule has 84 valence electrons. The molecule has 1 fully saturated rings. The third kappa shape index (κ3) is 1.78. The van der Waals surface area contributed by atoms with Gasteiger partial charge in [-0.25, -0.2) is 4.79 Å². The minimum absolute atomic E-state index is 0.225. The van der Waals surface area contributed by atoms with E-state index in [0.29, 0.717) is 18.7 Å². The molecule has 4 heteroatoms. The molecule has 1 aliphatic rings. The van der Waals surface area contributed by atoms with Gasteiger partial charge in [0.05, 0.1) is 25.8 Å².